The Labute approximate surface area is 172 Å². The van der Waals surface area contributed by atoms with Crippen LogP contribution < -0.4 is 5.32 Å². The molecule has 0 aliphatic carbocycles. The van der Waals surface area contributed by atoms with E-state index in [0.29, 0.717) is 13.2 Å². The molecule has 28 heavy (non-hydrogen) atoms. The number of thiazole rings is 1. The minimum absolute atomic E-state index is 0.112. The van der Waals surface area contributed by atoms with Crippen LogP contribution >= 0.6 is 11.3 Å². The van der Waals surface area contributed by atoms with Gasteiger partial charge in [-0.3, -0.25) is 9.69 Å². The molecule has 0 bridgehead atoms. The number of likely N-dealkylation sites (tertiary alicyclic amines) is 1. The fraction of sp³-hybridized carbons (Fsp3) is 0.545. The van der Waals surface area contributed by atoms with E-state index in [9.17, 15) is 4.79 Å². The number of nitrogens with one attached hydrogen (secondary N) is 1. The Bertz CT molecular complexity index is 767. The topological polar surface area (TPSA) is 54.5 Å². The Hall–Kier alpha value is -1.76. The van der Waals surface area contributed by atoms with Crippen LogP contribution in [0.2, 0.25) is 0 Å². The molecule has 3 rings (SSSR count). The average Bonchev–Trinajstić information content (AvgIpc) is 3.10. The molecule has 1 fully saturated rings. The van der Waals surface area contributed by atoms with Gasteiger partial charge in [0, 0.05) is 24.4 Å². The van der Waals surface area contributed by atoms with Crippen LogP contribution in [0.25, 0.3) is 0 Å². The fourth-order valence-electron chi connectivity index (χ4n) is 3.49. The van der Waals surface area contributed by atoms with Gasteiger partial charge in [-0.05, 0) is 57.8 Å². The maximum absolute atomic E-state index is 12.6. The number of aryl methyl sites for hydroxylation is 1. The molecule has 1 aliphatic rings. The number of rotatable bonds is 8. The summed E-state index contributed by atoms with van der Waals surface area (Å²) in [5.41, 5.74) is 3.41. The third kappa shape index (κ3) is 6.40. The molecule has 2 aromatic rings. The van der Waals surface area contributed by atoms with Crippen LogP contribution in [-0.2, 0) is 29.2 Å². The van der Waals surface area contributed by atoms with Crippen molar-refractivity contribution in [2.75, 3.05) is 13.1 Å². The van der Waals surface area contributed by atoms with E-state index in [0.717, 1.165) is 54.3 Å². The van der Waals surface area contributed by atoms with Gasteiger partial charge in [0.25, 0.3) is 0 Å². The van der Waals surface area contributed by atoms with Gasteiger partial charge in [-0.15, -0.1) is 11.3 Å². The molecule has 1 amide bonds. The summed E-state index contributed by atoms with van der Waals surface area (Å²) in [6.07, 6.45) is 2.04. The van der Waals surface area contributed by atoms with Crippen LogP contribution in [0, 0.1) is 12.8 Å². The second kappa shape index (κ2) is 10.1. The lowest BCUT2D eigenvalue weighted by atomic mass is 9.95. The molecule has 2 heterocycles. The van der Waals surface area contributed by atoms with Gasteiger partial charge in [0.05, 0.1) is 23.4 Å². The molecule has 6 heteroatoms. The van der Waals surface area contributed by atoms with E-state index in [1.54, 1.807) is 11.3 Å². The first kappa shape index (κ1) is 21.0. The molecule has 0 radical (unpaired) electrons. The monoisotopic (exact) mass is 401 g/mol. The van der Waals surface area contributed by atoms with Crippen molar-refractivity contribution in [2.24, 2.45) is 5.92 Å². The summed E-state index contributed by atoms with van der Waals surface area (Å²) in [7, 11) is 0. The smallest absolute Gasteiger partial charge is 0.223 e. The molecule has 1 aliphatic heterocycles. The molecule has 1 saturated heterocycles. The second-order valence-corrected chi connectivity index (χ2v) is 8.87. The van der Waals surface area contributed by atoms with Gasteiger partial charge in [0.15, 0.2) is 0 Å². The number of piperidine rings is 1. The highest BCUT2D eigenvalue weighted by molar-refractivity contribution is 7.09. The Morgan fingerprint density at radius 2 is 2.07 bits per heavy atom. The SMILES string of the molecule is Cc1nc(CN2CCC(C(=O)NCc3cccc(COC(C)C)c3)CC2)cs1. The Morgan fingerprint density at radius 3 is 2.75 bits per heavy atom. The summed E-state index contributed by atoms with van der Waals surface area (Å²) in [5.74, 6) is 0.286. The summed E-state index contributed by atoms with van der Waals surface area (Å²) in [6, 6.07) is 8.26. The second-order valence-electron chi connectivity index (χ2n) is 7.81. The molecular weight excluding hydrogens is 370 g/mol. The van der Waals surface area contributed by atoms with Crippen LogP contribution in [0.3, 0.4) is 0 Å². The van der Waals surface area contributed by atoms with Gasteiger partial charge in [-0.25, -0.2) is 4.98 Å². The first-order valence-electron chi connectivity index (χ1n) is 10.1. The maximum atomic E-state index is 12.6. The highest BCUT2D eigenvalue weighted by Gasteiger charge is 2.25. The average molecular weight is 402 g/mol. The summed E-state index contributed by atoms with van der Waals surface area (Å²) in [5, 5.41) is 6.37. The zero-order valence-electron chi connectivity index (χ0n) is 17.1. The largest absolute Gasteiger partial charge is 0.374 e. The standard InChI is InChI=1S/C22H31N3O2S/c1-16(2)27-14-19-6-4-5-18(11-19)12-23-22(26)20-7-9-25(10-8-20)13-21-15-28-17(3)24-21/h4-6,11,15-16,20H,7-10,12-14H2,1-3H3,(H,23,26). The zero-order chi connectivity index (χ0) is 19.9. The van der Waals surface area contributed by atoms with E-state index < -0.39 is 0 Å². The molecule has 1 N–H and O–H groups in total. The van der Waals surface area contributed by atoms with Gasteiger partial charge < -0.3 is 10.1 Å². The van der Waals surface area contributed by atoms with E-state index >= 15 is 0 Å². The van der Waals surface area contributed by atoms with Gasteiger partial charge in [-0.2, -0.15) is 0 Å². The highest BCUT2D eigenvalue weighted by Crippen LogP contribution is 2.20. The first-order chi connectivity index (χ1) is 13.5. The minimum atomic E-state index is 0.112. The van der Waals surface area contributed by atoms with Gasteiger partial charge in [-0.1, -0.05) is 24.3 Å². The summed E-state index contributed by atoms with van der Waals surface area (Å²) in [4.78, 5) is 19.5. The molecule has 0 atom stereocenters. The quantitative estimate of drug-likeness (QED) is 0.729. The normalized spacial score (nSPS) is 15.9. The fourth-order valence-corrected chi connectivity index (χ4v) is 4.09. The molecule has 0 unspecified atom stereocenters. The van der Waals surface area contributed by atoms with Crippen molar-refractivity contribution in [2.45, 2.75) is 59.4 Å². The van der Waals surface area contributed by atoms with Crippen molar-refractivity contribution in [1.82, 2.24) is 15.2 Å². The molecule has 0 saturated carbocycles. The van der Waals surface area contributed by atoms with Crippen LogP contribution in [0.4, 0.5) is 0 Å². The van der Waals surface area contributed by atoms with Crippen molar-refractivity contribution >= 4 is 17.2 Å². The number of benzene rings is 1. The predicted octanol–water partition coefficient (Wildman–Crippen LogP) is 3.90. The van der Waals surface area contributed by atoms with Crippen molar-refractivity contribution in [3.63, 3.8) is 0 Å². The van der Waals surface area contributed by atoms with Crippen LogP contribution in [-0.4, -0.2) is 35.0 Å². The van der Waals surface area contributed by atoms with E-state index in [2.05, 4.69) is 38.8 Å². The minimum Gasteiger partial charge on any atom is -0.374 e. The number of amides is 1. The molecule has 1 aromatic carbocycles. The third-order valence-corrected chi connectivity index (χ3v) is 5.87. The molecule has 0 spiro atoms. The van der Waals surface area contributed by atoms with Crippen molar-refractivity contribution in [3.8, 4) is 0 Å². The van der Waals surface area contributed by atoms with Crippen molar-refractivity contribution in [3.05, 3.63) is 51.5 Å². The maximum Gasteiger partial charge on any atom is 0.223 e. The molecule has 152 valence electrons. The van der Waals surface area contributed by atoms with Crippen molar-refractivity contribution < 1.29 is 9.53 Å². The van der Waals surface area contributed by atoms with E-state index in [1.807, 2.05) is 26.8 Å². The lowest BCUT2D eigenvalue weighted by Crippen LogP contribution is -2.40. The number of carbonyl (C=O) groups is 1. The van der Waals surface area contributed by atoms with E-state index in [1.165, 1.54) is 0 Å². The third-order valence-electron chi connectivity index (χ3n) is 5.05. The Kier molecular flexibility index (Phi) is 7.59. The van der Waals surface area contributed by atoms with Gasteiger partial charge in [0.1, 0.15) is 0 Å². The lowest BCUT2D eigenvalue weighted by Gasteiger charge is -2.30. The number of carbonyl (C=O) groups excluding carboxylic acids is 1. The summed E-state index contributed by atoms with van der Waals surface area (Å²) >= 11 is 1.70. The van der Waals surface area contributed by atoms with Crippen molar-refractivity contribution in [1.29, 1.82) is 0 Å². The van der Waals surface area contributed by atoms with Crippen LogP contribution in [0.5, 0.6) is 0 Å². The number of nitrogens with zero attached hydrogens (tertiary/aromatic N) is 2. The Morgan fingerprint density at radius 1 is 1.32 bits per heavy atom. The highest BCUT2D eigenvalue weighted by atomic mass is 32.1. The number of aromatic nitrogens is 1. The van der Waals surface area contributed by atoms with Gasteiger partial charge in [0.2, 0.25) is 5.91 Å². The van der Waals surface area contributed by atoms with Crippen LogP contribution in [0.1, 0.15) is 48.5 Å². The van der Waals surface area contributed by atoms with Crippen LogP contribution in [0.15, 0.2) is 29.6 Å². The number of hydrogen-bond donors (Lipinski definition) is 1. The first-order valence-corrected chi connectivity index (χ1v) is 11.0. The number of hydrogen-bond acceptors (Lipinski definition) is 5. The van der Waals surface area contributed by atoms with E-state index in [-0.39, 0.29) is 17.9 Å². The van der Waals surface area contributed by atoms with Gasteiger partial charge >= 0.3 is 0 Å². The lowest BCUT2D eigenvalue weighted by molar-refractivity contribution is -0.126. The zero-order valence-corrected chi connectivity index (χ0v) is 17.9. The number of ether oxygens (including phenoxy) is 1. The molecular formula is C22H31N3O2S. The summed E-state index contributed by atoms with van der Waals surface area (Å²) < 4.78 is 5.66. The molecule has 5 nitrogen and oxygen atoms in total. The molecule has 1 aromatic heterocycles. The summed E-state index contributed by atoms with van der Waals surface area (Å²) in [6.45, 7) is 10.1. The van der Waals surface area contributed by atoms with E-state index in [4.69, 9.17) is 4.74 Å². The predicted molar refractivity (Wildman–Crippen MR) is 113 cm³/mol. The Balaban J connectivity index is 1.41.